The van der Waals surface area contributed by atoms with Crippen LogP contribution in [-0.4, -0.2) is 56.4 Å². The zero-order valence-corrected chi connectivity index (χ0v) is 14.5. The summed E-state index contributed by atoms with van der Waals surface area (Å²) in [6.45, 7) is 5.41. The molecule has 0 spiro atoms. The van der Waals surface area contributed by atoms with Crippen LogP contribution in [0.25, 0.3) is 11.2 Å². The summed E-state index contributed by atoms with van der Waals surface area (Å²) in [5.41, 5.74) is 0.294. The third-order valence-electron chi connectivity index (χ3n) is 2.53. The Labute approximate surface area is 139 Å². The minimum absolute atomic E-state index is 0.0159. The number of hydrogen-bond donors (Lipinski definition) is 0. The lowest BCUT2D eigenvalue weighted by Crippen LogP contribution is -2.26. The monoisotopic (exact) mass is 338 g/mol. The molecule has 0 amide bonds. The molecule has 8 nitrogen and oxygen atoms in total. The van der Waals surface area contributed by atoms with Crippen molar-refractivity contribution in [1.29, 1.82) is 0 Å². The van der Waals surface area contributed by atoms with E-state index in [9.17, 15) is 4.79 Å². The molecule has 0 N–H and O–H groups in total. The van der Waals surface area contributed by atoms with E-state index in [0.717, 1.165) is 0 Å². The molecule has 0 saturated heterocycles. The minimum Gasteiger partial charge on any atom is -0.459 e. The highest BCUT2D eigenvalue weighted by Crippen LogP contribution is 2.22. The van der Waals surface area contributed by atoms with Gasteiger partial charge in [0.1, 0.15) is 17.7 Å². The van der Waals surface area contributed by atoms with Gasteiger partial charge in [-0.25, -0.2) is 9.98 Å². The molecule has 0 atom stereocenters. The third-order valence-corrected chi connectivity index (χ3v) is 2.80. The first-order valence-corrected chi connectivity index (χ1v) is 7.34. The molecule has 124 valence electrons. The van der Waals surface area contributed by atoms with E-state index in [1.54, 1.807) is 15.8 Å². The number of ether oxygens (including phenoxy) is 1. The molecule has 0 radical (unpaired) electrons. The molecule has 0 unspecified atom stereocenters. The van der Waals surface area contributed by atoms with Gasteiger partial charge in [0.15, 0.2) is 10.8 Å². The van der Waals surface area contributed by atoms with Gasteiger partial charge in [0.05, 0.1) is 12.7 Å². The Morgan fingerprint density at radius 2 is 2.13 bits per heavy atom. The normalized spacial score (nSPS) is 12.1. The Bertz CT molecular complexity index is 748. The maximum atomic E-state index is 12.0. The van der Waals surface area contributed by atoms with E-state index in [4.69, 9.17) is 16.3 Å². The highest BCUT2D eigenvalue weighted by molar-refractivity contribution is 6.33. The van der Waals surface area contributed by atoms with E-state index < -0.39 is 5.60 Å². The van der Waals surface area contributed by atoms with Gasteiger partial charge in [0, 0.05) is 14.1 Å². The Morgan fingerprint density at radius 3 is 2.74 bits per heavy atom. The van der Waals surface area contributed by atoms with Crippen molar-refractivity contribution in [2.24, 2.45) is 4.99 Å². The first kappa shape index (κ1) is 17.1. The van der Waals surface area contributed by atoms with Crippen molar-refractivity contribution in [2.45, 2.75) is 32.9 Å². The molecule has 2 heterocycles. The summed E-state index contributed by atoms with van der Waals surface area (Å²) in [6, 6.07) is 0. The van der Waals surface area contributed by atoms with Crippen LogP contribution < -0.4 is 0 Å². The molecule has 2 aromatic rings. The summed E-state index contributed by atoms with van der Waals surface area (Å²) >= 11 is 6.10. The van der Waals surface area contributed by atoms with Gasteiger partial charge >= 0.3 is 5.97 Å². The average molecular weight is 339 g/mol. The maximum absolute atomic E-state index is 12.0. The van der Waals surface area contributed by atoms with Crippen molar-refractivity contribution in [1.82, 2.24) is 24.4 Å². The Hall–Kier alpha value is -2.22. The first-order chi connectivity index (χ1) is 10.7. The van der Waals surface area contributed by atoms with E-state index in [-0.39, 0.29) is 23.6 Å². The number of esters is 1. The number of aromatic nitrogens is 4. The van der Waals surface area contributed by atoms with Gasteiger partial charge in [0.2, 0.25) is 0 Å². The highest BCUT2D eigenvalue weighted by Gasteiger charge is 2.19. The lowest BCUT2D eigenvalue weighted by Gasteiger charge is -2.19. The van der Waals surface area contributed by atoms with Gasteiger partial charge in [-0.2, -0.15) is 9.97 Å². The summed E-state index contributed by atoms with van der Waals surface area (Å²) in [5, 5.41) is 0.184. The number of halogens is 1. The van der Waals surface area contributed by atoms with Gasteiger partial charge < -0.3 is 14.2 Å². The summed E-state index contributed by atoms with van der Waals surface area (Å²) in [5.74, 6) is -0.188. The van der Waals surface area contributed by atoms with Crippen molar-refractivity contribution >= 4 is 41.0 Å². The predicted molar refractivity (Wildman–Crippen MR) is 88.0 cm³/mol. The summed E-state index contributed by atoms with van der Waals surface area (Å²) in [4.78, 5) is 30.3. The molecule has 0 bridgehead atoms. The molecule has 23 heavy (non-hydrogen) atoms. The van der Waals surface area contributed by atoms with Gasteiger partial charge in [-0.3, -0.25) is 4.79 Å². The predicted octanol–water partition coefficient (Wildman–Crippen LogP) is 2.04. The van der Waals surface area contributed by atoms with Crippen LogP contribution in [0.1, 0.15) is 20.8 Å². The smallest absolute Gasteiger partial charge is 0.326 e. The molecule has 2 aromatic heterocycles. The second-order valence-corrected chi connectivity index (χ2v) is 6.51. The Morgan fingerprint density at radius 1 is 1.43 bits per heavy atom. The van der Waals surface area contributed by atoms with Crippen LogP contribution in [0.5, 0.6) is 0 Å². The quantitative estimate of drug-likeness (QED) is 0.367. The van der Waals surface area contributed by atoms with Gasteiger partial charge in [-0.15, -0.1) is 0 Å². The van der Waals surface area contributed by atoms with Crippen LogP contribution in [0.2, 0.25) is 5.15 Å². The summed E-state index contributed by atoms with van der Waals surface area (Å²) in [6.07, 6.45) is 3.04. The van der Waals surface area contributed by atoms with Crippen molar-refractivity contribution < 1.29 is 9.53 Å². The highest BCUT2D eigenvalue weighted by atomic mass is 35.5. The third kappa shape index (κ3) is 4.62. The molecule has 0 aromatic carbocycles. The second kappa shape index (κ2) is 6.49. The van der Waals surface area contributed by atoms with Crippen molar-refractivity contribution in [3.8, 4) is 0 Å². The number of hydrogen-bond acceptors (Lipinski definition) is 6. The Kier molecular flexibility index (Phi) is 4.84. The van der Waals surface area contributed by atoms with Crippen LogP contribution in [0.4, 0.5) is 5.95 Å². The van der Waals surface area contributed by atoms with Crippen LogP contribution >= 0.6 is 11.6 Å². The van der Waals surface area contributed by atoms with Gasteiger partial charge in [-0.05, 0) is 20.8 Å². The van der Waals surface area contributed by atoms with Crippen LogP contribution in [0, 0.1) is 0 Å². The zero-order chi connectivity index (χ0) is 17.2. The largest absolute Gasteiger partial charge is 0.459 e. The number of rotatable bonds is 4. The van der Waals surface area contributed by atoms with Crippen molar-refractivity contribution in [2.75, 3.05) is 14.1 Å². The number of nitrogens with zero attached hydrogens (tertiary/aromatic N) is 6. The molecular weight excluding hydrogens is 320 g/mol. The molecule has 0 saturated carbocycles. The number of carbonyl (C=O) groups is 1. The minimum atomic E-state index is -0.554. The van der Waals surface area contributed by atoms with E-state index in [0.29, 0.717) is 11.2 Å². The van der Waals surface area contributed by atoms with E-state index in [1.807, 2.05) is 34.9 Å². The topological polar surface area (TPSA) is 85.5 Å². The number of imidazole rings is 1. The average Bonchev–Trinajstić information content (AvgIpc) is 2.78. The van der Waals surface area contributed by atoms with Gasteiger partial charge in [0.25, 0.3) is 5.95 Å². The maximum Gasteiger partial charge on any atom is 0.326 e. The number of fused-ring (bicyclic) bond motifs is 1. The SMILES string of the molecule is CN(C)C=Nc1nc(Cl)c2ncn(CC(=O)OC(C)(C)C)c2n1. The molecule has 0 aliphatic carbocycles. The van der Waals surface area contributed by atoms with Crippen LogP contribution in [0.3, 0.4) is 0 Å². The second-order valence-electron chi connectivity index (χ2n) is 6.15. The molecule has 2 rings (SSSR count). The standard InChI is InChI=1S/C14H19ClN6O2/c1-14(2,3)23-9(22)6-21-8-16-10-11(15)18-13(19-12(10)21)17-7-20(4)5/h7-8H,6H2,1-5H3. The summed E-state index contributed by atoms with van der Waals surface area (Å²) < 4.78 is 6.86. The van der Waals surface area contributed by atoms with Crippen molar-refractivity contribution in [3.05, 3.63) is 11.5 Å². The van der Waals surface area contributed by atoms with E-state index >= 15 is 0 Å². The molecular formula is C14H19ClN6O2. The molecule has 9 heteroatoms. The van der Waals surface area contributed by atoms with E-state index in [1.165, 1.54) is 6.33 Å². The molecule has 0 aliphatic rings. The lowest BCUT2D eigenvalue weighted by molar-refractivity contribution is -0.155. The summed E-state index contributed by atoms with van der Waals surface area (Å²) in [7, 11) is 3.66. The van der Waals surface area contributed by atoms with Gasteiger partial charge in [-0.1, -0.05) is 11.6 Å². The molecule has 0 aliphatic heterocycles. The zero-order valence-electron chi connectivity index (χ0n) is 13.7. The van der Waals surface area contributed by atoms with Crippen LogP contribution in [0.15, 0.2) is 11.3 Å². The fourth-order valence-corrected chi connectivity index (χ4v) is 1.96. The Balaban J connectivity index is 2.33. The van der Waals surface area contributed by atoms with E-state index in [2.05, 4.69) is 19.9 Å². The number of aliphatic imine (C=N–C) groups is 1. The fraction of sp³-hybridized carbons (Fsp3) is 0.500. The number of carbonyl (C=O) groups excluding carboxylic acids is 1. The molecule has 0 fully saturated rings. The lowest BCUT2D eigenvalue weighted by atomic mass is 10.2. The fourth-order valence-electron chi connectivity index (χ4n) is 1.75. The van der Waals surface area contributed by atoms with Crippen molar-refractivity contribution in [3.63, 3.8) is 0 Å². The first-order valence-electron chi connectivity index (χ1n) is 6.96. The van der Waals surface area contributed by atoms with Crippen LogP contribution in [-0.2, 0) is 16.1 Å².